The van der Waals surface area contributed by atoms with E-state index in [4.69, 9.17) is 5.73 Å². The monoisotopic (exact) mass is 309 g/mol. The molecule has 0 bridgehead atoms. The highest BCUT2D eigenvalue weighted by atomic mass is 16.2. The van der Waals surface area contributed by atoms with Crippen molar-refractivity contribution in [1.82, 2.24) is 9.80 Å². The Bertz CT molecular complexity index is 436. The minimum atomic E-state index is -0.170. The molecular formula is C17H31N3O2. The van der Waals surface area contributed by atoms with Crippen molar-refractivity contribution in [1.29, 1.82) is 0 Å². The molecule has 2 rings (SSSR count). The van der Waals surface area contributed by atoms with Crippen LogP contribution in [0.15, 0.2) is 0 Å². The lowest BCUT2D eigenvalue weighted by atomic mass is 9.79. The van der Waals surface area contributed by atoms with Gasteiger partial charge in [0, 0.05) is 38.1 Å². The Morgan fingerprint density at radius 3 is 2.73 bits per heavy atom. The van der Waals surface area contributed by atoms with E-state index in [9.17, 15) is 9.59 Å². The first-order valence-corrected chi connectivity index (χ1v) is 8.60. The summed E-state index contributed by atoms with van der Waals surface area (Å²) in [6.45, 7) is 10.4. The Kier molecular flexibility index (Phi) is 5.15. The quantitative estimate of drug-likeness (QED) is 0.858. The Hall–Kier alpha value is -1.10. The van der Waals surface area contributed by atoms with Crippen LogP contribution in [0.4, 0.5) is 0 Å². The fourth-order valence-corrected chi connectivity index (χ4v) is 3.72. The minimum absolute atomic E-state index is 0.0499. The molecule has 0 aromatic rings. The molecule has 0 aromatic carbocycles. The zero-order valence-electron chi connectivity index (χ0n) is 14.5. The van der Waals surface area contributed by atoms with E-state index >= 15 is 0 Å². The third kappa shape index (κ3) is 3.45. The van der Waals surface area contributed by atoms with Gasteiger partial charge in [0.25, 0.3) is 0 Å². The van der Waals surface area contributed by atoms with E-state index in [0.717, 1.165) is 25.8 Å². The standard InChI is InChI=1S/C17H31N3O2/c1-5-6-12(2)20-10-13(9-15(20)21)16(22)19-8-7-14(18)17(3,4)11-19/h12-14H,5-11,18H2,1-4H3. The molecule has 2 N–H and O–H groups in total. The summed E-state index contributed by atoms with van der Waals surface area (Å²) in [6.07, 6.45) is 3.27. The molecule has 2 amide bonds. The maximum Gasteiger partial charge on any atom is 0.228 e. The molecule has 22 heavy (non-hydrogen) atoms. The number of hydrogen-bond donors (Lipinski definition) is 1. The van der Waals surface area contributed by atoms with Crippen LogP contribution in [0, 0.1) is 11.3 Å². The number of amides is 2. The summed E-state index contributed by atoms with van der Waals surface area (Å²) in [4.78, 5) is 28.8. The molecule has 3 atom stereocenters. The van der Waals surface area contributed by atoms with Gasteiger partial charge < -0.3 is 15.5 Å². The van der Waals surface area contributed by atoms with E-state index in [2.05, 4.69) is 27.7 Å². The molecule has 126 valence electrons. The van der Waals surface area contributed by atoms with Crippen LogP contribution < -0.4 is 5.73 Å². The fraction of sp³-hybridized carbons (Fsp3) is 0.882. The average Bonchev–Trinajstić information content (AvgIpc) is 2.83. The van der Waals surface area contributed by atoms with Gasteiger partial charge in [0.05, 0.1) is 5.92 Å². The van der Waals surface area contributed by atoms with Crippen molar-refractivity contribution in [3.63, 3.8) is 0 Å². The topological polar surface area (TPSA) is 66.6 Å². The van der Waals surface area contributed by atoms with Gasteiger partial charge in [-0.15, -0.1) is 0 Å². The van der Waals surface area contributed by atoms with Gasteiger partial charge in [0.1, 0.15) is 0 Å². The van der Waals surface area contributed by atoms with Crippen LogP contribution >= 0.6 is 0 Å². The second-order valence-corrected chi connectivity index (χ2v) is 7.73. The molecule has 2 aliphatic heterocycles. The van der Waals surface area contributed by atoms with Crippen LogP contribution in [0.3, 0.4) is 0 Å². The maximum atomic E-state index is 12.8. The van der Waals surface area contributed by atoms with E-state index in [-0.39, 0.29) is 35.2 Å². The Morgan fingerprint density at radius 2 is 2.14 bits per heavy atom. The highest BCUT2D eigenvalue weighted by Gasteiger charge is 2.41. The first kappa shape index (κ1) is 17.3. The summed E-state index contributed by atoms with van der Waals surface area (Å²) in [6, 6.07) is 0.379. The largest absolute Gasteiger partial charge is 0.342 e. The van der Waals surface area contributed by atoms with Crippen molar-refractivity contribution in [2.45, 2.75) is 65.5 Å². The smallest absolute Gasteiger partial charge is 0.228 e. The molecule has 2 aliphatic rings. The number of carbonyl (C=O) groups is 2. The minimum Gasteiger partial charge on any atom is -0.342 e. The number of piperidine rings is 1. The van der Waals surface area contributed by atoms with Gasteiger partial charge in [-0.05, 0) is 25.2 Å². The highest BCUT2D eigenvalue weighted by Crippen LogP contribution is 2.30. The second-order valence-electron chi connectivity index (χ2n) is 7.73. The third-order valence-electron chi connectivity index (χ3n) is 5.37. The fourth-order valence-electron chi connectivity index (χ4n) is 3.72. The first-order chi connectivity index (χ1) is 10.3. The lowest BCUT2D eigenvalue weighted by molar-refractivity contribution is -0.139. The van der Waals surface area contributed by atoms with E-state index in [1.54, 1.807) is 0 Å². The van der Waals surface area contributed by atoms with E-state index < -0.39 is 0 Å². The third-order valence-corrected chi connectivity index (χ3v) is 5.37. The van der Waals surface area contributed by atoms with E-state index in [0.29, 0.717) is 19.5 Å². The zero-order chi connectivity index (χ0) is 16.5. The zero-order valence-corrected chi connectivity index (χ0v) is 14.5. The first-order valence-electron chi connectivity index (χ1n) is 8.60. The summed E-state index contributed by atoms with van der Waals surface area (Å²) in [5.74, 6) is 0.101. The molecule has 2 saturated heterocycles. The van der Waals surface area contributed by atoms with Crippen LogP contribution in [0.2, 0.25) is 0 Å². The van der Waals surface area contributed by atoms with Crippen LogP contribution in [-0.2, 0) is 9.59 Å². The molecule has 0 radical (unpaired) electrons. The summed E-state index contributed by atoms with van der Waals surface area (Å²) in [7, 11) is 0. The SMILES string of the molecule is CCCC(C)N1CC(C(=O)N2CCC(N)C(C)(C)C2)CC1=O. The summed E-state index contributed by atoms with van der Waals surface area (Å²) in [5, 5.41) is 0. The number of hydrogen-bond acceptors (Lipinski definition) is 3. The summed E-state index contributed by atoms with van der Waals surface area (Å²) in [5.41, 5.74) is 6.10. The van der Waals surface area contributed by atoms with E-state index in [1.165, 1.54) is 0 Å². The summed E-state index contributed by atoms with van der Waals surface area (Å²) >= 11 is 0. The number of rotatable bonds is 4. The molecule has 3 unspecified atom stereocenters. The number of carbonyl (C=O) groups excluding carboxylic acids is 2. The predicted molar refractivity (Wildman–Crippen MR) is 87.1 cm³/mol. The van der Waals surface area contributed by atoms with Crippen LogP contribution in [0.5, 0.6) is 0 Å². The number of nitrogens with two attached hydrogens (primary N) is 1. The Balaban J connectivity index is 1.98. The van der Waals surface area contributed by atoms with Crippen molar-refractivity contribution in [3.05, 3.63) is 0 Å². The van der Waals surface area contributed by atoms with Crippen molar-refractivity contribution in [2.24, 2.45) is 17.1 Å². The van der Waals surface area contributed by atoms with Gasteiger partial charge in [-0.25, -0.2) is 0 Å². The van der Waals surface area contributed by atoms with Gasteiger partial charge in [-0.3, -0.25) is 9.59 Å². The van der Waals surface area contributed by atoms with E-state index in [1.807, 2.05) is 9.80 Å². The van der Waals surface area contributed by atoms with Gasteiger partial charge in [-0.1, -0.05) is 27.2 Å². The highest BCUT2D eigenvalue weighted by molar-refractivity contribution is 5.89. The molecule has 2 heterocycles. The van der Waals surface area contributed by atoms with Crippen molar-refractivity contribution in [2.75, 3.05) is 19.6 Å². The van der Waals surface area contributed by atoms with Crippen molar-refractivity contribution in [3.8, 4) is 0 Å². The second kappa shape index (κ2) is 6.57. The predicted octanol–water partition coefficient (Wildman–Crippen LogP) is 1.61. The normalized spacial score (nSPS) is 29.8. The van der Waals surface area contributed by atoms with Crippen LogP contribution in [0.25, 0.3) is 0 Å². The summed E-state index contributed by atoms with van der Waals surface area (Å²) < 4.78 is 0. The lowest BCUT2D eigenvalue weighted by Crippen LogP contribution is -2.55. The maximum absolute atomic E-state index is 12.8. The average molecular weight is 309 g/mol. The van der Waals surface area contributed by atoms with Crippen LogP contribution in [0.1, 0.15) is 53.4 Å². The van der Waals surface area contributed by atoms with Gasteiger partial charge in [0.2, 0.25) is 11.8 Å². The lowest BCUT2D eigenvalue weighted by Gasteiger charge is -2.43. The number of likely N-dealkylation sites (tertiary alicyclic amines) is 2. The molecule has 2 fully saturated rings. The molecule has 0 spiro atoms. The van der Waals surface area contributed by atoms with Crippen LogP contribution in [-0.4, -0.2) is 53.3 Å². The molecule has 0 aliphatic carbocycles. The molecule has 5 heteroatoms. The molecule has 0 saturated carbocycles. The Morgan fingerprint density at radius 1 is 1.45 bits per heavy atom. The molecule has 0 aromatic heterocycles. The molecule has 5 nitrogen and oxygen atoms in total. The van der Waals surface area contributed by atoms with Crippen molar-refractivity contribution < 1.29 is 9.59 Å². The van der Waals surface area contributed by atoms with Gasteiger partial charge in [-0.2, -0.15) is 0 Å². The van der Waals surface area contributed by atoms with Gasteiger partial charge in [0.15, 0.2) is 0 Å². The Labute approximate surface area is 134 Å². The number of nitrogens with zero attached hydrogens (tertiary/aromatic N) is 2. The molecular weight excluding hydrogens is 278 g/mol. The van der Waals surface area contributed by atoms with Crippen molar-refractivity contribution >= 4 is 11.8 Å². The van der Waals surface area contributed by atoms with Gasteiger partial charge >= 0.3 is 0 Å².